The van der Waals surface area contributed by atoms with Crippen LogP contribution in [0.5, 0.6) is 0 Å². The summed E-state index contributed by atoms with van der Waals surface area (Å²) in [5.74, 6) is -0.613. The van der Waals surface area contributed by atoms with Gasteiger partial charge in [-0.05, 0) is 57.5 Å². The van der Waals surface area contributed by atoms with Crippen LogP contribution in [0, 0.1) is 5.92 Å². The predicted octanol–water partition coefficient (Wildman–Crippen LogP) is 3.30. The lowest BCUT2D eigenvalue weighted by Crippen LogP contribution is -2.38. The zero-order chi connectivity index (χ0) is 16.1. The maximum absolute atomic E-state index is 12.6. The fraction of sp³-hybridized carbons (Fsp3) is 0.588. The molecule has 0 heterocycles. The monoisotopic (exact) mass is 310 g/mol. The first-order chi connectivity index (χ1) is 10.5. The molecule has 122 valence electrons. The average molecular weight is 310 g/mol. The molecular weight excluding hydrogens is 286 g/mol. The maximum atomic E-state index is 12.6. The Bertz CT molecular complexity index is 497. The van der Waals surface area contributed by atoms with E-state index in [0.717, 1.165) is 12.1 Å². The van der Waals surface area contributed by atoms with Crippen LogP contribution in [0.3, 0.4) is 0 Å². The SMILES string of the molecule is CN(C)Cc1cccc(C(=O)NC2CCC(C(F)F)CC2)c1. The Labute approximate surface area is 130 Å². The number of alkyl halides is 2. The van der Waals surface area contributed by atoms with Gasteiger partial charge in [0.25, 0.3) is 5.91 Å². The van der Waals surface area contributed by atoms with Gasteiger partial charge in [0, 0.05) is 24.1 Å². The Morgan fingerprint density at radius 2 is 1.95 bits per heavy atom. The van der Waals surface area contributed by atoms with Crippen molar-refractivity contribution in [2.24, 2.45) is 5.92 Å². The highest BCUT2D eigenvalue weighted by atomic mass is 19.3. The highest BCUT2D eigenvalue weighted by molar-refractivity contribution is 5.94. The fourth-order valence-electron chi connectivity index (χ4n) is 2.96. The number of hydrogen-bond donors (Lipinski definition) is 1. The number of halogens is 2. The molecule has 0 saturated heterocycles. The van der Waals surface area contributed by atoms with Gasteiger partial charge in [-0.15, -0.1) is 0 Å². The van der Waals surface area contributed by atoms with Crippen LogP contribution in [0.4, 0.5) is 8.78 Å². The van der Waals surface area contributed by atoms with Crippen molar-refractivity contribution in [3.63, 3.8) is 0 Å². The highest BCUT2D eigenvalue weighted by Crippen LogP contribution is 2.29. The van der Waals surface area contributed by atoms with Gasteiger partial charge in [-0.25, -0.2) is 8.78 Å². The molecule has 1 aromatic carbocycles. The van der Waals surface area contributed by atoms with Gasteiger partial charge in [-0.2, -0.15) is 0 Å². The van der Waals surface area contributed by atoms with Crippen molar-refractivity contribution in [1.29, 1.82) is 0 Å². The molecule has 5 heteroatoms. The summed E-state index contributed by atoms with van der Waals surface area (Å²) in [7, 11) is 3.96. The van der Waals surface area contributed by atoms with E-state index in [9.17, 15) is 13.6 Å². The third-order valence-electron chi connectivity index (χ3n) is 4.15. The van der Waals surface area contributed by atoms with E-state index < -0.39 is 12.3 Å². The van der Waals surface area contributed by atoms with Crippen molar-refractivity contribution in [3.05, 3.63) is 35.4 Å². The van der Waals surface area contributed by atoms with E-state index >= 15 is 0 Å². The molecule has 0 bridgehead atoms. The van der Waals surface area contributed by atoms with Crippen molar-refractivity contribution in [2.75, 3.05) is 14.1 Å². The molecule has 0 aromatic heterocycles. The lowest BCUT2D eigenvalue weighted by Gasteiger charge is -2.28. The number of carbonyl (C=O) groups is 1. The number of nitrogens with one attached hydrogen (secondary N) is 1. The summed E-state index contributed by atoms with van der Waals surface area (Å²) in [4.78, 5) is 14.3. The Hall–Kier alpha value is -1.49. The molecule has 1 N–H and O–H groups in total. The Kier molecular flexibility index (Phi) is 5.89. The molecule has 3 nitrogen and oxygen atoms in total. The van der Waals surface area contributed by atoms with Gasteiger partial charge >= 0.3 is 0 Å². The fourth-order valence-corrected chi connectivity index (χ4v) is 2.96. The normalized spacial score (nSPS) is 22.1. The average Bonchev–Trinajstić information content (AvgIpc) is 2.47. The van der Waals surface area contributed by atoms with Gasteiger partial charge in [-0.1, -0.05) is 12.1 Å². The zero-order valence-electron chi connectivity index (χ0n) is 13.2. The van der Waals surface area contributed by atoms with E-state index in [1.807, 2.05) is 37.2 Å². The Balaban J connectivity index is 1.90. The van der Waals surface area contributed by atoms with Gasteiger partial charge in [-0.3, -0.25) is 4.79 Å². The summed E-state index contributed by atoms with van der Waals surface area (Å²) in [6.45, 7) is 0.778. The molecule has 1 saturated carbocycles. The van der Waals surface area contributed by atoms with E-state index in [1.165, 1.54) is 0 Å². The molecule has 2 rings (SSSR count). The van der Waals surface area contributed by atoms with Crippen LogP contribution in [-0.2, 0) is 6.54 Å². The van der Waals surface area contributed by atoms with Crippen molar-refractivity contribution in [2.45, 2.75) is 44.7 Å². The van der Waals surface area contributed by atoms with Gasteiger partial charge in [0.1, 0.15) is 0 Å². The van der Waals surface area contributed by atoms with E-state index in [4.69, 9.17) is 0 Å². The van der Waals surface area contributed by atoms with Crippen LogP contribution >= 0.6 is 0 Å². The van der Waals surface area contributed by atoms with E-state index in [-0.39, 0.29) is 11.9 Å². The molecule has 0 aliphatic heterocycles. The van der Waals surface area contributed by atoms with Crippen LogP contribution in [0.25, 0.3) is 0 Å². The second kappa shape index (κ2) is 7.68. The third kappa shape index (κ3) is 4.77. The summed E-state index contributed by atoms with van der Waals surface area (Å²) in [5, 5.41) is 2.98. The van der Waals surface area contributed by atoms with Gasteiger partial charge in [0.15, 0.2) is 0 Å². The van der Waals surface area contributed by atoms with Gasteiger partial charge in [0.2, 0.25) is 6.43 Å². The molecule has 0 atom stereocenters. The lowest BCUT2D eigenvalue weighted by molar-refractivity contribution is 0.0499. The smallest absolute Gasteiger partial charge is 0.251 e. The molecule has 1 aliphatic carbocycles. The standard InChI is InChI=1S/C17H24F2N2O/c1-21(2)11-12-4-3-5-14(10-12)17(22)20-15-8-6-13(7-9-15)16(18)19/h3-5,10,13,15-16H,6-9,11H2,1-2H3,(H,20,22). The quantitative estimate of drug-likeness (QED) is 0.905. The molecule has 1 aromatic rings. The zero-order valence-corrected chi connectivity index (χ0v) is 13.2. The van der Waals surface area contributed by atoms with Gasteiger partial charge in [0.05, 0.1) is 0 Å². The van der Waals surface area contributed by atoms with Crippen LogP contribution in [0.1, 0.15) is 41.6 Å². The summed E-state index contributed by atoms with van der Waals surface area (Å²) >= 11 is 0. The van der Waals surface area contributed by atoms with Crippen molar-refractivity contribution in [1.82, 2.24) is 10.2 Å². The number of amides is 1. The minimum atomic E-state index is -2.24. The van der Waals surface area contributed by atoms with Crippen molar-refractivity contribution in [3.8, 4) is 0 Å². The molecular formula is C17H24F2N2O. The van der Waals surface area contributed by atoms with E-state index in [2.05, 4.69) is 5.32 Å². The van der Waals surface area contributed by atoms with E-state index in [1.54, 1.807) is 6.07 Å². The third-order valence-corrected chi connectivity index (χ3v) is 4.15. The van der Waals surface area contributed by atoms with Crippen molar-refractivity contribution < 1.29 is 13.6 Å². The largest absolute Gasteiger partial charge is 0.349 e. The molecule has 0 radical (unpaired) electrons. The molecule has 0 spiro atoms. The summed E-state index contributed by atoms with van der Waals surface area (Å²) < 4.78 is 25.3. The minimum Gasteiger partial charge on any atom is -0.349 e. The van der Waals surface area contributed by atoms with Crippen LogP contribution in [0.2, 0.25) is 0 Å². The second-order valence-electron chi connectivity index (χ2n) is 6.36. The Morgan fingerprint density at radius 1 is 1.27 bits per heavy atom. The van der Waals surface area contributed by atoms with E-state index in [0.29, 0.717) is 31.2 Å². The molecule has 1 amide bonds. The number of benzene rings is 1. The first-order valence-corrected chi connectivity index (χ1v) is 7.78. The molecule has 0 unspecified atom stereocenters. The number of carbonyl (C=O) groups excluding carboxylic acids is 1. The topological polar surface area (TPSA) is 32.3 Å². The molecule has 1 fully saturated rings. The maximum Gasteiger partial charge on any atom is 0.251 e. The lowest BCUT2D eigenvalue weighted by atomic mass is 9.86. The van der Waals surface area contributed by atoms with Crippen LogP contribution in [-0.4, -0.2) is 37.4 Å². The summed E-state index contributed by atoms with van der Waals surface area (Å²) in [6, 6.07) is 7.56. The second-order valence-corrected chi connectivity index (χ2v) is 6.36. The van der Waals surface area contributed by atoms with Gasteiger partial charge < -0.3 is 10.2 Å². The highest BCUT2D eigenvalue weighted by Gasteiger charge is 2.28. The predicted molar refractivity (Wildman–Crippen MR) is 83.0 cm³/mol. The first kappa shape index (κ1) is 16.9. The Morgan fingerprint density at radius 3 is 2.55 bits per heavy atom. The van der Waals surface area contributed by atoms with Crippen LogP contribution in [0.15, 0.2) is 24.3 Å². The number of nitrogens with zero attached hydrogens (tertiary/aromatic N) is 1. The van der Waals surface area contributed by atoms with Crippen LogP contribution < -0.4 is 5.32 Å². The molecule has 1 aliphatic rings. The number of rotatable bonds is 5. The first-order valence-electron chi connectivity index (χ1n) is 7.78. The minimum absolute atomic E-state index is 0.0139. The number of hydrogen-bond acceptors (Lipinski definition) is 2. The summed E-state index contributed by atoms with van der Waals surface area (Å²) in [6.07, 6.45) is 0.0161. The van der Waals surface area contributed by atoms with Crippen molar-refractivity contribution >= 4 is 5.91 Å². The summed E-state index contributed by atoms with van der Waals surface area (Å²) in [5.41, 5.74) is 1.72. The molecule has 22 heavy (non-hydrogen) atoms.